The number of nitrogens with zero attached hydrogens (tertiary/aromatic N) is 1. The van der Waals surface area contributed by atoms with Crippen molar-refractivity contribution in [1.82, 2.24) is 4.90 Å². The number of nitrogens with two attached hydrogens (primary N) is 1. The molecule has 1 fully saturated rings. The van der Waals surface area contributed by atoms with Crippen LogP contribution in [0.5, 0.6) is 0 Å². The van der Waals surface area contributed by atoms with Gasteiger partial charge in [0.2, 0.25) is 0 Å². The molecule has 3 N–H and O–H groups in total. The quantitative estimate of drug-likeness (QED) is 0.815. The molecule has 1 atom stereocenters. The van der Waals surface area contributed by atoms with Crippen molar-refractivity contribution in [2.75, 3.05) is 38.1 Å². The number of benzene rings is 1. The zero-order valence-electron chi connectivity index (χ0n) is 11.6. The number of morpholine rings is 1. The molecule has 0 saturated carbocycles. The van der Waals surface area contributed by atoms with Crippen LogP contribution in [0.2, 0.25) is 5.02 Å². The third-order valence-corrected chi connectivity index (χ3v) is 3.97. The normalized spacial score (nSPS) is 19.8. The number of likely N-dealkylation sites (N-methyl/N-ethyl adjacent to an activating group) is 1. The number of hydrogen-bond acceptors (Lipinski definition) is 4. The van der Waals surface area contributed by atoms with Crippen LogP contribution in [-0.4, -0.2) is 48.8 Å². The van der Waals surface area contributed by atoms with Crippen LogP contribution in [0.3, 0.4) is 0 Å². The van der Waals surface area contributed by atoms with E-state index in [1.54, 1.807) is 6.07 Å². The molecule has 2 rings (SSSR count). The second-order valence-corrected chi connectivity index (χ2v) is 5.64. The van der Waals surface area contributed by atoms with Gasteiger partial charge in [-0.3, -0.25) is 4.90 Å². The lowest BCUT2D eigenvalue weighted by Gasteiger charge is -2.32. The van der Waals surface area contributed by atoms with E-state index in [-0.39, 0.29) is 6.10 Å². The summed E-state index contributed by atoms with van der Waals surface area (Å²) in [6.07, 6.45) is 0.168. The van der Waals surface area contributed by atoms with E-state index in [0.717, 1.165) is 31.9 Å². The number of nitrogens with one attached hydrogen (secondary N) is 1. The summed E-state index contributed by atoms with van der Waals surface area (Å²) in [5.41, 5.74) is 7.30. The van der Waals surface area contributed by atoms with Crippen molar-refractivity contribution in [2.45, 2.75) is 13.0 Å². The first-order valence-electron chi connectivity index (χ1n) is 6.78. The van der Waals surface area contributed by atoms with Crippen molar-refractivity contribution < 1.29 is 4.74 Å². The van der Waals surface area contributed by atoms with Gasteiger partial charge in [-0.25, -0.2) is 0 Å². The van der Waals surface area contributed by atoms with Gasteiger partial charge in [0.05, 0.1) is 23.3 Å². The average molecular weight is 314 g/mol. The third kappa shape index (κ3) is 3.82. The average Bonchev–Trinajstić information content (AvgIpc) is 2.45. The third-order valence-electron chi connectivity index (χ3n) is 3.45. The molecule has 1 aliphatic heterocycles. The summed E-state index contributed by atoms with van der Waals surface area (Å²) >= 11 is 11.2. The highest BCUT2D eigenvalue weighted by atomic mass is 35.5. The monoisotopic (exact) mass is 313 g/mol. The molecule has 0 amide bonds. The van der Waals surface area contributed by atoms with Crippen molar-refractivity contribution in [2.24, 2.45) is 5.73 Å². The van der Waals surface area contributed by atoms with Gasteiger partial charge in [0.25, 0.3) is 0 Å². The van der Waals surface area contributed by atoms with Gasteiger partial charge in [-0.05, 0) is 18.7 Å². The summed E-state index contributed by atoms with van der Waals surface area (Å²) in [5, 5.41) is 3.92. The molecule has 1 aliphatic rings. The van der Waals surface area contributed by atoms with Gasteiger partial charge >= 0.3 is 0 Å². The Morgan fingerprint density at radius 2 is 2.40 bits per heavy atom. The van der Waals surface area contributed by atoms with E-state index in [2.05, 4.69) is 17.1 Å². The molecule has 20 heavy (non-hydrogen) atoms. The molecule has 0 radical (unpaired) electrons. The maximum Gasteiger partial charge on any atom is 0.107 e. The Labute approximate surface area is 130 Å². The van der Waals surface area contributed by atoms with E-state index >= 15 is 0 Å². The lowest BCUT2D eigenvalue weighted by Crippen LogP contribution is -2.45. The fourth-order valence-electron chi connectivity index (χ4n) is 2.34. The molecule has 1 heterocycles. The minimum Gasteiger partial charge on any atom is -0.389 e. The van der Waals surface area contributed by atoms with Gasteiger partial charge in [-0.2, -0.15) is 0 Å². The van der Waals surface area contributed by atoms with Crippen LogP contribution in [-0.2, 0) is 4.74 Å². The molecule has 0 bridgehead atoms. The molecule has 6 heteroatoms. The molecule has 1 aromatic rings. The standard InChI is InChI=1S/C14H20ClN3OS/c1-2-18-6-7-19-10(9-18)8-17-12-5-3-4-11(15)13(12)14(16)20/h3-5,10,17H,2,6-9H2,1H3,(H2,16,20). The largest absolute Gasteiger partial charge is 0.389 e. The van der Waals surface area contributed by atoms with E-state index in [9.17, 15) is 0 Å². The number of halogens is 1. The molecule has 110 valence electrons. The summed E-state index contributed by atoms with van der Waals surface area (Å²) in [5.74, 6) is 0. The lowest BCUT2D eigenvalue weighted by atomic mass is 10.1. The van der Waals surface area contributed by atoms with Gasteiger partial charge in [0.1, 0.15) is 4.99 Å². The molecule has 1 aromatic carbocycles. The van der Waals surface area contributed by atoms with Crippen LogP contribution in [0.1, 0.15) is 12.5 Å². The van der Waals surface area contributed by atoms with Gasteiger partial charge < -0.3 is 15.8 Å². The summed E-state index contributed by atoms with van der Waals surface area (Å²) < 4.78 is 5.76. The Morgan fingerprint density at radius 1 is 1.60 bits per heavy atom. The topological polar surface area (TPSA) is 50.5 Å². The van der Waals surface area contributed by atoms with E-state index in [0.29, 0.717) is 22.1 Å². The Kier molecular flexibility index (Phi) is 5.60. The van der Waals surface area contributed by atoms with Crippen molar-refractivity contribution in [3.8, 4) is 0 Å². The lowest BCUT2D eigenvalue weighted by molar-refractivity contribution is -0.0191. The van der Waals surface area contributed by atoms with Crippen molar-refractivity contribution in [3.63, 3.8) is 0 Å². The maximum absolute atomic E-state index is 6.14. The smallest absolute Gasteiger partial charge is 0.107 e. The van der Waals surface area contributed by atoms with Gasteiger partial charge in [-0.15, -0.1) is 0 Å². The van der Waals surface area contributed by atoms with Crippen LogP contribution in [0.25, 0.3) is 0 Å². The van der Waals surface area contributed by atoms with Crippen LogP contribution in [0.4, 0.5) is 5.69 Å². The van der Waals surface area contributed by atoms with Crippen LogP contribution >= 0.6 is 23.8 Å². The Morgan fingerprint density at radius 3 is 3.10 bits per heavy atom. The first kappa shape index (κ1) is 15.5. The highest BCUT2D eigenvalue weighted by molar-refractivity contribution is 7.80. The SMILES string of the molecule is CCN1CCOC(CNc2cccc(Cl)c2C(N)=S)C1. The Balaban J connectivity index is 2.00. The molecule has 4 nitrogen and oxygen atoms in total. The molecular weight excluding hydrogens is 294 g/mol. The summed E-state index contributed by atoms with van der Waals surface area (Å²) in [4.78, 5) is 2.68. The van der Waals surface area contributed by atoms with E-state index in [4.69, 9.17) is 34.3 Å². The molecule has 0 aromatic heterocycles. The molecule has 0 spiro atoms. The first-order valence-corrected chi connectivity index (χ1v) is 7.56. The Bertz CT molecular complexity index is 483. The number of rotatable bonds is 5. The van der Waals surface area contributed by atoms with Crippen LogP contribution in [0.15, 0.2) is 18.2 Å². The maximum atomic E-state index is 6.14. The van der Waals surface area contributed by atoms with Crippen LogP contribution in [0, 0.1) is 0 Å². The van der Waals surface area contributed by atoms with Crippen molar-refractivity contribution in [3.05, 3.63) is 28.8 Å². The van der Waals surface area contributed by atoms with E-state index in [1.165, 1.54) is 0 Å². The highest BCUT2D eigenvalue weighted by Crippen LogP contribution is 2.24. The summed E-state index contributed by atoms with van der Waals surface area (Å²) in [6, 6.07) is 5.60. The predicted octanol–water partition coefficient (Wildman–Crippen LogP) is 2.11. The molecular formula is C14H20ClN3OS. The van der Waals surface area contributed by atoms with Crippen molar-refractivity contribution >= 4 is 34.5 Å². The first-order chi connectivity index (χ1) is 9.61. The fraction of sp³-hybridized carbons (Fsp3) is 0.500. The van der Waals surface area contributed by atoms with Gasteiger partial charge in [0, 0.05) is 25.3 Å². The Hall–Kier alpha value is -0.880. The molecule has 0 aliphatic carbocycles. The van der Waals surface area contributed by atoms with E-state index in [1.807, 2.05) is 12.1 Å². The summed E-state index contributed by atoms with van der Waals surface area (Å²) in [7, 11) is 0. The van der Waals surface area contributed by atoms with E-state index < -0.39 is 0 Å². The second-order valence-electron chi connectivity index (χ2n) is 4.79. The van der Waals surface area contributed by atoms with Crippen LogP contribution < -0.4 is 11.1 Å². The minimum absolute atomic E-state index is 0.168. The zero-order valence-corrected chi connectivity index (χ0v) is 13.1. The van der Waals surface area contributed by atoms with Gasteiger partial charge in [-0.1, -0.05) is 36.8 Å². The van der Waals surface area contributed by atoms with Gasteiger partial charge in [0.15, 0.2) is 0 Å². The minimum atomic E-state index is 0.168. The summed E-state index contributed by atoms with van der Waals surface area (Å²) in [6.45, 7) is 6.64. The number of anilines is 1. The zero-order chi connectivity index (χ0) is 14.5. The van der Waals surface area contributed by atoms with Crippen molar-refractivity contribution in [1.29, 1.82) is 0 Å². The fourth-order valence-corrected chi connectivity index (χ4v) is 2.89. The molecule has 1 saturated heterocycles. The number of ether oxygens (including phenoxy) is 1. The second kappa shape index (κ2) is 7.22. The molecule has 1 unspecified atom stereocenters. The highest BCUT2D eigenvalue weighted by Gasteiger charge is 2.19. The number of thiocarbonyl (C=S) groups is 1. The number of hydrogen-bond donors (Lipinski definition) is 2. The predicted molar refractivity (Wildman–Crippen MR) is 87.7 cm³/mol.